The van der Waals surface area contributed by atoms with Crippen LogP contribution in [0.1, 0.15) is 36.6 Å². The van der Waals surface area contributed by atoms with Crippen LogP contribution in [0.2, 0.25) is 0 Å². The van der Waals surface area contributed by atoms with E-state index in [4.69, 9.17) is 9.47 Å². The monoisotopic (exact) mass is 594 g/mol. The van der Waals surface area contributed by atoms with Crippen molar-refractivity contribution in [2.45, 2.75) is 6.54 Å². The Morgan fingerprint density at radius 2 is 1.59 bits per heavy atom. The van der Waals surface area contributed by atoms with Crippen LogP contribution < -0.4 is 19.7 Å². The lowest BCUT2D eigenvalue weighted by molar-refractivity contribution is 0.0742. The van der Waals surface area contributed by atoms with Crippen LogP contribution in [0.3, 0.4) is 0 Å². The molecule has 0 unspecified atom stereocenters. The number of anilines is 2. The van der Waals surface area contributed by atoms with Crippen molar-refractivity contribution >= 4 is 29.1 Å². The summed E-state index contributed by atoms with van der Waals surface area (Å²) in [5.41, 5.74) is 3.28. The molecule has 0 atom stereocenters. The Morgan fingerprint density at radius 1 is 0.818 bits per heavy atom. The highest BCUT2D eigenvalue weighted by atomic mass is 19.1. The fraction of sp³-hybridized carbons (Fsp3) is 0.206. The summed E-state index contributed by atoms with van der Waals surface area (Å²) in [5, 5.41) is 2.90. The zero-order chi connectivity index (χ0) is 30.6. The summed E-state index contributed by atoms with van der Waals surface area (Å²) in [6.07, 6.45) is 0. The van der Waals surface area contributed by atoms with E-state index in [2.05, 4.69) is 10.2 Å². The highest BCUT2D eigenvalue weighted by Gasteiger charge is 2.27. The highest BCUT2D eigenvalue weighted by molar-refractivity contribution is 6.06. The first kappa shape index (κ1) is 28.7. The molecule has 9 nitrogen and oxygen atoms in total. The van der Waals surface area contributed by atoms with Gasteiger partial charge in [-0.05, 0) is 60.2 Å². The Balaban J connectivity index is 1.23. The molecular formula is C34H31FN4O5. The van der Waals surface area contributed by atoms with E-state index >= 15 is 0 Å². The predicted octanol–water partition coefficient (Wildman–Crippen LogP) is 5.04. The van der Waals surface area contributed by atoms with E-state index in [0.29, 0.717) is 72.3 Å². The minimum atomic E-state index is -0.456. The average Bonchev–Trinajstić information content (AvgIpc) is 3.53. The predicted molar refractivity (Wildman–Crippen MR) is 164 cm³/mol. The summed E-state index contributed by atoms with van der Waals surface area (Å²) < 4.78 is 24.5. The van der Waals surface area contributed by atoms with Gasteiger partial charge >= 0.3 is 0 Å². The standard InChI is InChI=1S/C34H31FN4O5/c1-37(21-23-6-3-2-4-7-23)34(42)28-20-27(36-32(40)24-10-13-30-31(19-24)44-22-43-30)11-12-29(28)38-14-16-39(17-15-38)33(41)25-8-5-9-26(35)18-25/h2-13,18-20H,14-17,21-22H2,1H3,(H,36,40). The van der Waals surface area contributed by atoms with E-state index in [-0.39, 0.29) is 24.5 Å². The molecule has 6 rings (SSSR count). The molecule has 2 aliphatic rings. The van der Waals surface area contributed by atoms with Crippen molar-refractivity contribution in [1.29, 1.82) is 0 Å². The summed E-state index contributed by atoms with van der Waals surface area (Å²) in [7, 11) is 1.74. The first-order valence-corrected chi connectivity index (χ1v) is 14.3. The van der Waals surface area contributed by atoms with Gasteiger partial charge in [-0.1, -0.05) is 36.4 Å². The molecule has 0 aliphatic carbocycles. The first-order chi connectivity index (χ1) is 21.4. The SMILES string of the molecule is CN(Cc1ccccc1)C(=O)c1cc(NC(=O)c2ccc3c(c2)OCO3)ccc1N1CCN(C(=O)c2cccc(F)c2)CC1. The molecule has 2 heterocycles. The van der Waals surface area contributed by atoms with Crippen LogP contribution in [0.15, 0.2) is 91.0 Å². The number of hydrogen-bond acceptors (Lipinski definition) is 6. The van der Waals surface area contributed by atoms with Gasteiger partial charge in [-0.3, -0.25) is 14.4 Å². The third kappa shape index (κ3) is 6.19. The fourth-order valence-electron chi connectivity index (χ4n) is 5.39. The van der Waals surface area contributed by atoms with E-state index in [0.717, 1.165) is 5.56 Å². The molecule has 0 bridgehead atoms. The van der Waals surface area contributed by atoms with Crippen molar-refractivity contribution in [2.75, 3.05) is 50.2 Å². The molecular weight excluding hydrogens is 563 g/mol. The summed E-state index contributed by atoms with van der Waals surface area (Å²) >= 11 is 0. The molecule has 1 fully saturated rings. The molecule has 1 N–H and O–H groups in total. The largest absolute Gasteiger partial charge is 0.454 e. The number of hydrogen-bond donors (Lipinski definition) is 1. The third-order valence-electron chi connectivity index (χ3n) is 7.71. The van der Waals surface area contributed by atoms with Crippen LogP contribution in [0.5, 0.6) is 11.5 Å². The van der Waals surface area contributed by atoms with E-state index in [9.17, 15) is 18.8 Å². The highest BCUT2D eigenvalue weighted by Crippen LogP contribution is 2.33. The van der Waals surface area contributed by atoms with Crippen LogP contribution in [-0.2, 0) is 6.54 Å². The van der Waals surface area contributed by atoms with Crippen LogP contribution in [0, 0.1) is 5.82 Å². The minimum absolute atomic E-state index is 0.108. The topological polar surface area (TPSA) is 91.4 Å². The van der Waals surface area contributed by atoms with E-state index in [1.54, 1.807) is 53.2 Å². The van der Waals surface area contributed by atoms with Crippen LogP contribution >= 0.6 is 0 Å². The fourth-order valence-corrected chi connectivity index (χ4v) is 5.39. The van der Waals surface area contributed by atoms with Gasteiger partial charge in [-0.15, -0.1) is 0 Å². The number of carbonyl (C=O) groups excluding carboxylic acids is 3. The van der Waals surface area contributed by atoms with Crippen molar-refractivity contribution in [1.82, 2.24) is 9.80 Å². The Bertz CT molecular complexity index is 1710. The number of nitrogens with one attached hydrogen (secondary N) is 1. The van der Waals surface area contributed by atoms with Crippen LogP contribution in [0.25, 0.3) is 0 Å². The second-order valence-electron chi connectivity index (χ2n) is 10.7. The van der Waals surface area contributed by atoms with Crippen molar-refractivity contribution in [3.05, 3.63) is 119 Å². The number of nitrogens with zero attached hydrogens (tertiary/aromatic N) is 3. The molecule has 1 saturated heterocycles. The lowest BCUT2D eigenvalue weighted by Crippen LogP contribution is -2.49. The number of amides is 3. The molecule has 0 spiro atoms. The van der Waals surface area contributed by atoms with E-state index in [1.165, 1.54) is 18.2 Å². The quantitative estimate of drug-likeness (QED) is 0.323. The number of piperazine rings is 1. The summed E-state index contributed by atoms with van der Waals surface area (Å²) in [6.45, 7) is 2.29. The van der Waals surface area contributed by atoms with E-state index < -0.39 is 5.82 Å². The molecule has 0 saturated carbocycles. The molecule has 4 aromatic rings. The number of halogens is 1. The number of benzene rings is 4. The first-order valence-electron chi connectivity index (χ1n) is 14.3. The molecule has 2 aliphatic heterocycles. The zero-order valence-electron chi connectivity index (χ0n) is 24.2. The minimum Gasteiger partial charge on any atom is -0.454 e. The Morgan fingerprint density at radius 3 is 2.36 bits per heavy atom. The zero-order valence-corrected chi connectivity index (χ0v) is 24.2. The lowest BCUT2D eigenvalue weighted by Gasteiger charge is -2.37. The maximum absolute atomic E-state index is 13.9. The van der Waals surface area contributed by atoms with Gasteiger partial charge in [0, 0.05) is 62.3 Å². The number of carbonyl (C=O) groups is 3. The molecule has 3 amide bonds. The van der Waals surface area contributed by atoms with Crippen molar-refractivity contribution in [3.63, 3.8) is 0 Å². The number of rotatable bonds is 7. The third-order valence-corrected chi connectivity index (χ3v) is 7.71. The number of fused-ring (bicyclic) bond motifs is 1. The lowest BCUT2D eigenvalue weighted by atomic mass is 10.1. The Hall–Kier alpha value is -5.38. The Kier molecular flexibility index (Phi) is 8.14. The van der Waals surface area contributed by atoms with Crippen molar-refractivity contribution in [2.24, 2.45) is 0 Å². The molecule has 0 radical (unpaired) electrons. The number of ether oxygens (including phenoxy) is 2. The molecule has 4 aromatic carbocycles. The van der Waals surface area contributed by atoms with Gasteiger partial charge in [0.05, 0.1) is 5.56 Å². The van der Waals surface area contributed by atoms with Crippen molar-refractivity contribution < 1.29 is 28.2 Å². The van der Waals surface area contributed by atoms with Crippen LogP contribution in [0.4, 0.5) is 15.8 Å². The second kappa shape index (κ2) is 12.5. The normalized spacial score (nSPS) is 13.9. The smallest absolute Gasteiger partial charge is 0.256 e. The van der Waals surface area contributed by atoms with Gasteiger partial charge in [-0.25, -0.2) is 4.39 Å². The summed E-state index contributed by atoms with van der Waals surface area (Å²) in [6, 6.07) is 25.6. The Labute approximate surface area is 254 Å². The molecule has 224 valence electrons. The van der Waals surface area contributed by atoms with Crippen molar-refractivity contribution in [3.8, 4) is 11.5 Å². The van der Waals surface area contributed by atoms with Gasteiger partial charge in [0.25, 0.3) is 17.7 Å². The average molecular weight is 595 g/mol. The summed E-state index contributed by atoms with van der Waals surface area (Å²) in [4.78, 5) is 45.4. The second-order valence-corrected chi connectivity index (χ2v) is 10.7. The van der Waals surface area contributed by atoms with Gasteiger partial charge in [0.2, 0.25) is 6.79 Å². The molecule has 10 heteroatoms. The van der Waals surface area contributed by atoms with Gasteiger partial charge in [-0.2, -0.15) is 0 Å². The van der Waals surface area contributed by atoms with Gasteiger partial charge in [0.15, 0.2) is 11.5 Å². The van der Waals surface area contributed by atoms with E-state index in [1.807, 2.05) is 36.4 Å². The summed E-state index contributed by atoms with van der Waals surface area (Å²) in [5.74, 6) is -0.162. The molecule has 0 aromatic heterocycles. The maximum Gasteiger partial charge on any atom is 0.256 e. The van der Waals surface area contributed by atoms with Crippen LogP contribution in [-0.4, -0.2) is 67.5 Å². The van der Waals surface area contributed by atoms with Gasteiger partial charge < -0.3 is 29.5 Å². The van der Waals surface area contributed by atoms with Gasteiger partial charge in [0.1, 0.15) is 5.82 Å². The molecule has 44 heavy (non-hydrogen) atoms. The maximum atomic E-state index is 13.9.